The van der Waals surface area contributed by atoms with Crippen molar-refractivity contribution in [2.45, 2.75) is 66.1 Å². The molecule has 4 aromatic carbocycles. The van der Waals surface area contributed by atoms with Gasteiger partial charge in [-0.3, -0.25) is 14.8 Å². The van der Waals surface area contributed by atoms with Gasteiger partial charge in [0, 0.05) is 42.5 Å². The highest BCUT2D eigenvalue weighted by Crippen LogP contribution is 2.39. The van der Waals surface area contributed by atoms with Crippen molar-refractivity contribution in [2.24, 2.45) is 5.92 Å². The van der Waals surface area contributed by atoms with E-state index in [1.165, 1.54) is 19.3 Å². The molecule has 11 nitrogen and oxygen atoms in total. The minimum Gasteiger partial charge on any atom is -0.488 e. The number of rotatable bonds is 18. The highest BCUT2D eigenvalue weighted by molar-refractivity contribution is 6.36. The SMILES string of the molecule is [C-]#[N+]c1cncc(COc2cc(OCc3cccc(-c4cccc(COc5cc(OCc6cncc(C#N)c6)c(Cl)cc5Cl)c4C)c3C)c(Cl)cc2CC[C@@H](C(=O)O)[C@H](C)O)c1. The number of benzene rings is 4. The molecule has 14 heteroatoms. The van der Waals surface area contributed by atoms with Crippen LogP contribution in [-0.4, -0.2) is 32.3 Å². The zero-order valence-corrected chi connectivity index (χ0v) is 36.3. The fraction of sp³-hybridized carbons (Fsp3) is 0.229. The molecule has 2 atom stereocenters. The number of aryl methyl sites for hydroxylation is 1. The van der Waals surface area contributed by atoms with Crippen molar-refractivity contribution in [3.8, 4) is 40.2 Å². The van der Waals surface area contributed by atoms with Gasteiger partial charge in [-0.15, -0.1) is 0 Å². The second-order valence-corrected chi connectivity index (χ2v) is 15.7. The molecule has 0 fully saturated rings. The van der Waals surface area contributed by atoms with Gasteiger partial charge >= 0.3 is 5.97 Å². The Hall–Kier alpha value is -6.34. The van der Waals surface area contributed by atoms with Crippen molar-refractivity contribution in [3.05, 3.63) is 169 Å². The van der Waals surface area contributed by atoms with Gasteiger partial charge in [-0.25, -0.2) is 4.85 Å². The number of aliphatic hydroxyl groups is 1. The first kappa shape index (κ1) is 45.2. The highest BCUT2D eigenvalue weighted by atomic mass is 35.5. The minimum absolute atomic E-state index is 0.0917. The van der Waals surface area contributed by atoms with E-state index in [9.17, 15) is 20.3 Å². The molecular formula is C48H41Cl3N4O7. The Labute approximate surface area is 374 Å². The normalized spacial score (nSPS) is 11.8. The van der Waals surface area contributed by atoms with Crippen molar-refractivity contribution < 1.29 is 34.0 Å². The number of aromatic nitrogens is 2. The number of aliphatic hydroxyl groups excluding tert-OH is 1. The Bertz CT molecular complexity index is 2680. The minimum atomic E-state index is -1.10. The number of halogens is 3. The summed E-state index contributed by atoms with van der Waals surface area (Å²) in [5.41, 5.74) is 8.72. The lowest BCUT2D eigenvalue weighted by Crippen LogP contribution is -2.26. The molecule has 0 bridgehead atoms. The number of hydrogen-bond donors (Lipinski definition) is 2. The topological polar surface area (TPSA) is 148 Å². The number of carboxylic acids is 1. The second kappa shape index (κ2) is 21.0. The molecule has 2 aromatic heterocycles. The molecular weight excluding hydrogens is 851 g/mol. The van der Waals surface area contributed by atoms with Gasteiger partial charge in [-0.1, -0.05) is 71.2 Å². The van der Waals surface area contributed by atoms with E-state index in [0.717, 1.165) is 33.4 Å². The molecule has 0 aliphatic rings. The number of nitrogens with zero attached hydrogens (tertiary/aromatic N) is 4. The molecule has 62 heavy (non-hydrogen) atoms. The predicted octanol–water partition coefficient (Wildman–Crippen LogP) is 11.5. The van der Waals surface area contributed by atoms with E-state index >= 15 is 0 Å². The van der Waals surface area contributed by atoms with Gasteiger partial charge in [0.2, 0.25) is 5.69 Å². The van der Waals surface area contributed by atoms with Crippen molar-refractivity contribution in [3.63, 3.8) is 0 Å². The van der Waals surface area contributed by atoms with Crippen LogP contribution in [0.2, 0.25) is 15.1 Å². The third-order valence-electron chi connectivity index (χ3n) is 10.3. The lowest BCUT2D eigenvalue weighted by Gasteiger charge is -2.19. The average molecular weight is 892 g/mol. The van der Waals surface area contributed by atoms with Crippen molar-refractivity contribution in [2.75, 3.05) is 0 Å². The molecule has 0 saturated heterocycles. The van der Waals surface area contributed by atoms with E-state index in [4.69, 9.17) is 60.3 Å². The molecule has 0 amide bonds. The first-order valence-electron chi connectivity index (χ1n) is 19.4. The van der Waals surface area contributed by atoms with Gasteiger partial charge in [0.1, 0.15) is 55.5 Å². The summed E-state index contributed by atoms with van der Waals surface area (Å²) < 4.78 is 24.7. The molecule has 0 aliphatic heterocycles. The maximum atomic E-state index is 11.8. The summed E-state index contributed by atoms with van der Waals surface area (Å²) in [6.07, 6.45) is 5.54. The maximum Gasteiger partial charge on any atom is 0.309 e. The van der Waals surface area contributed by atoms with Crippen LogP contribution in [-0.2, 0) is 37.6 Å². The standard InChI is InChI=1S/C48H41Cl3N4O7/c1-28-35(26-61-45-17-44(59-25-33-14-37(53-4)23-55-22-33)34(15-41(45)49)11-12-40(30(3)56)48(57)58)7-5-9-38(28)39-10-6-8-36(29(39)2)27-62-47-18-46(42(50)16-43(47)51)60-24-32-13-31(19-52)20-54-21-32/h5-10,13-18,20-23,30,40,56H,11-12,24-27H2,1-3H3,(H,57,58)/t30-,40+/m0/s1. The fourth-order valence-electron chi connectivity index (χ4n) is 6.77. The van der Waals surface area contributed by atoms with Gasteiger partial charge in [0.05, 0.1) is 39.2 Å². The first-order chi connectivity index (χ1) is 29.8. The number of carbonyl (C=O) groups is 1. The quantitative estimate of drug-likeness (QED) is 0.0799. The average Bonchev–Trinajstić information content (AvgIpc) is 3.26. The maximum absolute atomic E-state index is 11.8. The number of aliphatic carboxylic acids is 1. The largest absolute Gasteiger partial charge is 0.488 e. The predicted molar refractivity (Wildman–Crippen MR) is 237 cm³/mol. The number of ether oxygens (including phenoxy) is 4. The van der Waals surface area contributed by atoms with E-state index < -0.39 is 18.0 Å². The van der Waals surface area contributed by atoms with Crippen LogP contribution in [0.4, 0.5) is 5.69 Å². The Morgan fingerprint density at radius 2 is 1.24 bits per heavy atom. The summed E-state index contributed by atoms with van der Waals surface area (Å²) in [5.74, 6) is -0.519. The Morgan fingerprint density at radius 1 is 0.726 bits per heavy atom. The van der Waals surface area contributed by atoms with E-state index in [1.54, 1.807) is 48.8 Å². The van der Waals surface area contributed by atoms with E-state index in [-0.39, 0.29) is 39.3 Å². The molecule has 0 radical (unpaired) electrons. The molecule has 2 heterocycles. The van der Waals surface area contributed by atoms with E-state index in [2.05, 4.69) is 33.0 Å². The number of pyridine rings is 2. The van der Waals surface area contributed by atoms with Crippen LogP contribution in [0.15, 0.2) is 97.6 Å². The molecule has 0 spiro atoms. The van der Waals surface area contributed by atoms with Crippen LogP contribution in [0.25, 0.3) is 16.0 Å². The van der Waals surface area contributed by atoms with E-state index in [1.807, 2.05) is 38.1 Å². The number of hydrogen-bond acceptors (Lipinski definition) is 9. The van der Waals surface area contributed by atoms with Crippen LogP contribution in [0.5, 0.6) is 23.0 Å². The van der Waals surface area contributed by atoms with Crippen LogP contribution >= 0.6 is 34.8 Å². The lowest BCUT2D eigenvalue weighted by molar-refractivity contribution is -0.145. The molecule has 0 saturated carbocycles. The summed E-state index contributed by atoms with van der Waals surface area (Å²) in [6, 6.07) is 24.1. The third kappa shape index (κ3) is 11.3. The Kier molecular flexibility index (Phi) is 15.3. The van der Waals surface area contributed by atoms with Crippen molar-refractivity contribution in [1.82, 2.24) is 9.97 Å². The van der Waals surface area contributed by atoms with Crippen LogP contribution in [0.1, 0.15) is 57.9 Å². The van der Waals surface area contributed by atoms with Gasteiger partial charge in [0.25, 0.3) is 0 Å². The summed E-state index contributed by atoms with van der Waals surface area (Å²) in [4.78, 5) is 23.5. The highest BCUT2D eigenvalue weighted by Gasteiger charge is 2.24. The molecule has 0 unspecified atom stereocenters. The molecule has 6 rings (SSSR count). The van der Waals surface area contributed by atoms with Crippen molar-refractivity contribution in [1.29, 1.82) is 5.26 Å². The zero-order chi connectivity index (χ0) is 44.3. The summed E-state index contributed by atoms with van der Waals surface area (Å²) in [6.45, 7) is 13.5. The molecule has 0 aliphatic carbocycles. The van der Waals surface area contributed by atoms with Gasteiger partial charge < -0.3 is 29.2 Å². The Balaban J connectivity index is 1.18. The van der Waals surface area contributed by atoms with Crippen LogP contribution in [0, 0.1) is 37.7 Å². The number of nitriles is 1. The third-order valence-corrected chi connectivity index (χ3v) is 11.2. The lowest BCUT2D eigenvalue weighted by atomic mass is 9.92. The molecule has 6 aromatic rings. The van der Waals surface area contributed by atoms with Gasteiger partial charge in [0.15, 0.2) is 0 Å². The van der Waals surface area contributed by atoms with Crippen LogP contribution < -0.4 is 18.9 Å². The second-order valence-electron chi connectivity index (χ2n) is 14.5. The zero-order valence-electron chi connectivity index (χ0n) is 34.0. The van der Waals surface area contributed by atoms with Crippen molar-refractivity contribution >= 4 is 46.5 Å². The van der Waals surface area contributed by atoms with E-state index in [0.29, 0.717) is 66.0 Å². The Morgan fingerprint density at radius 3 is 1.79 bits per heavy atom. The van der Waals surface area contributed by atoms with Gasteiger partial charge in [-0.2, -0.15) is 5.26 Å². The van der Waals surface area contributed by atoms with Crippen LogP contribution in [0.3, 0.4) is 0 Å². The first-order valence-corrected chi connectivity index (χ1v) is 20.5. The number of carboxylic acid groups (broad SMARTS) is 1. The fourth-order valence-corrected chi connectivity index (χ4v) is 7.50. The summed E-state index contributed by atoms with van der Waals surface area (Å²) >= 11 is 19.8. The molecule has 316 valence electrons. The molecule has 2 N–H and O–H groups in total. The summed E-state index contributed by atoms with van der Waals surface area (Å²) in [7, 11) is 0. The summed E-state index contributed by atoms with van der Waals surface area (Å²) in [5, 5.41) is 29.9. The smallest absolute Gasteiger partial charge is 0.309 e. The monoisotopic (exact) mass is 890 g/mol. The van der Waals surface area contributed by atoms with Gasteiger partial charge in [-0.05, 0) is 102 Å².